The van der Waals surface area contributed by atoms with Gasteiger partial charge in [-0.1, -0.05) is 0 Å². The molecule has 0 saturated carbocycles. The molecule has 0 unspecified atom stereocenters. The standard InChI is InChI=1S/C13H9I2NO4S/c14-9-5-10(15)7-12(6-9)21(19,20)16-11-3-1-8(2-4-11)13(17)18/h1-7,16H,(H,17,18). The highest BCUT2D eigenvalue weighted by molar-refractivity contribution is 14.1. The highest BCUT2D eigenvalue weighted by atomic mass is 127. The van der Waals surface area contributed by atoms with Gasteiger partial charge in [0.2, 0.25) is 0 Å². The highest BCUT2D eigenvalue weighted by Crippen LogP contribution is 2.21. The van der Waals surface area contributed by atoms with E-state index in [-0.39, 0.29) is 10.5 Å². The normalized spacial score (nSPS) is 11.1. The topological polar surface area (TPSA) is 83.5 Å². The summed E-state index contributed by atoms with van der Waals surface area (Å²) < 4.78 is 28.7. The second kappa shape index (κ2) is 6.48. The molecule has 0 amide bonds. The molecule has 0 atom stereocenters. The van der Waals surface area contributed by atoms with Crippen LogP contribution in [0.4, 0.5) is 5.69 Å². The number of rotatable bonds is 4. The molecule has 2 aromatic rings. The number of hydrogen-bond acceptors (Lipinski definition) is 3. The Morgan fingerprint density at radius 3 is 2.00 bits per heavy atom. The molecule has 2 aromatic carbocycles. The van der Waals surface area contributed by atoms with Gasteiger partial charge in [0.05, 0.1) is 10.5 Å². The molecule has 0 aliphatic rings. The molecule has 0 aromatic heterocycles. The number of carbonyl (C=O) groups is 1. The third-order valence-corrected chi connectivity index (χ3v) is 5.14. The Morgan fingerprint density at radius 2 is 1.52 bits per heavy atom. The smallest absolute Gasteiger partial charge is 0.335 e. The molecule has 0 fully saturated rings. The zero-order valence-electron chi connectivity index (χ0n) is 10.4. The van der Waals surface area contributed by atoms with Crippen molar-refractivity contribution in [1.82, 2.24) is 0 Å². The van der Waals surface area contributed by atoms with E-state index in [2.05, 4.69) is 49.9 Å². The van der Waals surface area contributed by atoms with Crippen LogP contribution >= 0.6 is 45.2 Å². The number of hydrogen-bond donors (Lipinski definition) is 2. The molecule has 21 heavy (non-hydrogen) atoms. The summed E-state index contributed by atoms with van der Waals surface area (Å²) in [5, 5.41) is 8.81. The molecule has 0 heterocycles. The summed E-state index contributed by atoms with van der Waals surface area (Å²) >= 11 is 4.10. The van der Waals surface area contributed by atoms with Gasteiger partial charge in [0.15, 0.2) is 0 Å². The minimum absolute atomic E-state index is 0.0988. The van der Waals surface area contributed by atoms with Crippen molar-refractivity contribution in [2.45, 2.75) is 4.90 Å². The van der Waals surface area contributed by atoms with E-state index >= 15 is 0 Å². The summed E-state index contributed by atoms with van der Waals surface area (Å²) in [4.78, 5) is 10.9. The zero-order chi connectivity index (χ0) is 15.6. The van der Waals surface area contributed by atoms with E-state index in [9.17, 15) is 13.2 Å². The van der Waals surface area contributed by atoms with Crippen LogP contribution in [-0.2, 0) is 10.0 Å². The predicted molar refractivity (Wildman–Crippen MR) is 96.1 cm³/mol. The Kier molecular flexibility index (Phi) is 5.09. The lowest BCUT2D eigenvalue weighted by molar-refractivity contribution is 0.0697. The van der Waals surface area contributed by atoms with E-state index in [1.54, 1.807) is 12.1 Å². The second-order valence-corrected chi connectivity index (χ2v) is 8.27. The van der Waals surface area contributed by atoms with Crippen molar-refractivity contribution in [3.05, 3.63) is 55.2 Å². The van der Waals surface area contributed by atoms with Crippen molar-refractivity contribution in [3.8, 4) is 0 Å². The Balaban J connectivity index is 2.30. The van der Waals surface area contributed by atoms with Crippen molar-refractivity contribution < 1.29 is 18.3 Å². The van der Waals surface area contributed by atoms with Crippen LogP contribution in [0, 0.1) is 7.14 Å². The second-order valence-electron chi connectivity index (χ2n) is 4.09. The zero-order valence-corrected chi connectivity index (χ0v) is 15.5. The average Bonchev–Trinajstić information content (AvgIpc) is 2.37. The first kappa shape index (κ1) is 16.5. The molecular weight excluding hydrogens is 520 g/mol. The minimum Gasteiger partial charge on any atom is -0.478 e. The van der Waals surface area contributed by atoms with E-state index < -0.39 is 16.0 Å². The third kappa shape index (κ3) is 4.30. The van der Waals surface area contributed by atoms with Gasteiger partial charge in [0, 0.05) is 12.8 Å². The van der Waals surface area contributed by atoms with Gasteiger partial charge >= 0.3 is 5.97 Å². The molecule has 110 valence electrons. The van der Waals surface area contributed by atoms with Crippen LogP contribution in [-0.4, -0.2) is 19.5 Å². The molecule has 0 bridgehead atoms. The van der Waals surface area contributed by atoms with Gasteiger partial charge in [0.25, 0.3) is 10.0 Å². The summed E-state index contributed by atoms with van der Waals surface area (Å²) in [6.07, 6.45) is 0. The van der Waals surface area contributed by atoms with Gasteiger partial charge in [-0.3, -0.25) is 4.72 Å². The Morgan fingerprint density at radius 1 is 1.00 bits per heavy atom. The molecule has 2 rings (SSSR count). The fourth-order valence-corrected chi connectivity index (χ4v) is 5.07. The minimum atomic E-state index is -3.70. The van der Waals surface area contributed by atoms with Gasteiger partial charge in [-0.25, -0.2) is 13.2 Å². The van der Waals surface area contributed by atoms with Crippen LogP contribution in [0.5, 0.6) is 0 Å². The first-order chi connectivity index (χ1) is 9.78. The van der Waals surface area contributed by atoms with Gasteiger partial charge < -0.3 is 5.11 Å². The van der Waals surface area contributed by atoms with Gasteiger partial charge in [-0.05, 0) is 87.6 Å². The maximum absolute atomic E-state index is 12.3. The number of anilines is 1. The van der Waals surface area contributed by atoms with Gasteiger partial charge in [-0.2, -0.15) is 0 Å². The largest absolute Gasteiger partial charge is 0.478 e. The van der Waals surface area contributed by atoms with Crippen molar-refractivity contribution in [1.29, 1.82) is 0 Å². The molecule has 0 spiro atoms. The van der Waals surface area contributed by atoms with Crippen LogP contribution in [0.25, 0.3) is 0 Å². The molecule has 2 N–H and O–H groups in total. The van der Waals surface area contributed by atoms with Crippen LogP contribution in [0.1, 0.15) is 10.4 Å². The van der Waals surface area contributed by atoms with E-state index in [1.807, 2.05) is 6.07 Å². The summed E-state index contributed by atoms with van der Waals surface area (Å²) in [6.45, 7) is 0. The number of aromatic carboxylic acids is 1. The molecule has 0 aliphatic carbocycles. The Hall–Kier alpha value is -0.880. The fourth-order valence-electron chi connectivity index (χ4n) is 1.58. The molecular formula is C13H9I2NO4S. The van der Waals surface area contributed by atoms with Crippen molar-refractivity contribution in [2.75, 3.05) is 4.72 Å². The van der Waals surface area contributed by atoms with E-state index in [0.717, 1.165) is 7.14 Å². The lowest BCUT2D eigenvalue weighted by atomic mass is 10.2. The third-order valence-electron chi connectivity index (χ3n) is 2.53. The summed E-state index contributed by atoms with van der Waals surface area (Å²) in [6, 6.07) is 10.5. The van der Waals surface area contributed by atoms with Crippen molar-refractivity contribution >= 4 is 66.9 Å². The quantitative estimate of drug-likeness (QED) is 0.596. The summed E-state index contributed by atoms with van der Waals surface area (Å²) in [5.74, 6) is -1.06. The average molecular weight is 529 g/mol. The van der Waals surface area contributed by atoms with Crippen molar-refractivity contribution in [3.63, 3.8) is 0 Å². The maximum Gasteiger partial charge on any atom is 0.335 e. The summed E-state index contributed by atoms with van der Waals surface area (Å²) in [7, 11) is -3.70. The number of carboxylic acid groups (broad SMARTS) is 1. The monoisotopic (exact) mass is 529 g/mol. The first-order valence-electron chi connectivity index (χ1n) is 5.60. The van der Waals surface area contributed by atoms with Crippen LogP contribution in [0.2, 0.25) is 0 Å². The molecule has 0 aliphatic heterocycles. The molecule has 0 radical (unpaired) electrons. The lowest BCUT2D eigenvalue weighted by Crippen LogP contribution is -2.13. The Labute approximate surface area is 149 Å². The van der Waals surface area contributed by atoms with Gasteiger partial charge in [0.1, 0.15) is 0 Å². The number of halogens is 2. The van der Waals surface area contributed by atoms with Crippen molar-refractivity contribution in [2.24, 2.45) is 0 Å². The number of carboxylic acids is 1. The number of benzene rings is 2. The molecule has 5 nitrogen and oxygen atoms in total. The molecule has 0 saturated heterocycles. The van der Waals surface area contributed by atoms with Gasteiger partial charge in [-0.15, -0.1) is 0 Å². The predicted octanol–water partition coefficient (Wildman–Crippen LogP) is 3.39. The SMILES string of the molecule is O=C(O)c1ccc(NS(=O)(=O)c2cc(I)cc(I)c2)cc1. The van der Waals surface area contributed by atoms with E-state index in [0.29, 0.717) is 5.69 Å². The summed E-state index contributed by atoms with van der Waals surface area (Å²) in [5.41, 5.74) is 0.413. The highest BCUT2D eigenvalue weighted by Gasteiger charge is 2.15. The maximum atomic E-state index is 12.3. The number of nitrogens with one attached hydrogen (secondary N) is 1. The number of sulfonamides is 1. The fraction of sp³-hybridized carbons (Fsp3) is 0. The van der Waals surface area contributed by atoms with Crippen LogP contribution in [0.3, 0.4) is 0 Å². The van der Waals surface area contributed by atoms with Crippen LogP contribution < -0.4 is 4.72 Å². The lowest BCUT2D eigenvalue weighted by Gasteiger charge is -2.09. The van der Waals surface area contributed by atoms with E-state index in [1.165, 1.54) is 24.3 Å². The van der Waals surface area contributed by atoms with Crippen LogP contribution in [0.15, 0.2) is 47.4 Å². The Bertz CT molecular complexity index is 768. The van der Waals surface area contributed by atoms with E-state index in [4.69, 9.17) is 5.11 Å². The first-order valence-corrected chi connectivity index (χ1v) is 9.24. The molecule has 8 heteroatoms.